The summed E-state index contributed by atoms with van der Waals surface area (Å²) >= 11 is 3.55. The van der Waals surface area contributed by atoms with Gasteiger partial charge in [0.15, 0.2) is 0 Å². The van der Waals surface area contributed by atoms with E-state index in [0.717, 1.165) is 6.42 Å². The molecular formula is C13H18N2S2. The zero-order chi connectivity index (χ0) is 12.3. The van der Waals surface area contributed by atoms with Gasteiger partial charge in [0.25, 0.3) is 0 Å². The van der Waals surface area contributed by atoms with Crippen LogP contribution in [0.5, 0.6) is 0 Å². The van der Waals surface area contributed by atoms with Crippen molar-refractivity contribution in [2.45, 2.75) is 39.3 Å². The average molecular weight is 266 g/mol. The molecule has 92 valence electrons. The van der Waals surface area contributed by atoms with Crippen LogP contribution < -0.4 is 5.32 Å². The Labute approximate surface area is 111 Å². The predicted molar refractivity (Wildman–Crippen MR) is 75.8 cm³/mol. The van der Waals surface area contributed by atoms with Gasteiger partial charge in [0, 0.05) is 17.1 Å². The molecule has 0 bridgehead atoms. The first-order chi connectivity index (χ1) is 8.20. The maximum Gasteiger partial charge on any atom is 0.109 e. The number of hydrogen-bond donors (Lipinski definition) is 1. The van der Waals surface area contributed by atoms with Crippen molar-refractivity contribution in [3.8, 4) is 0 Å². The molecule has 0 amide bonds. The lowest BCUT2D eigenvalue weighted by Crippen LogP contribution is -2.21. The highest BCUT2D eigenvalue weighted by Gasteiger charge is 2.14. The maximum absolute atomic E-state index is 4.48. The van der Waals surface area contributed by atoms with Crippen molar-refractivity contribution in [3.63, 3.8) is 0 Å². The molecule has 0 radical (unpaired) electrons. The maximum atomic E-state index is 4.48. The van der Waals surface area contributed by atoms with E-state index in [1.165, 1.54) is 15.4 Å². The van der Waals surface area contributed by atoms with Gasteiger partial charge in [-0.2, -0.15) is 11.3 Å². The normalized spacial score (nSPS) is 14.8. The van der Waals surface area contributed by atoms with E-state index < -0.39 is 0 Å². The Hall–Kier alpha value is -0.710. The zero-order valence-corrected chi connectivity index (χ0v) is 12.1. The van der Waals surface area contributed by atoms with Gasteiger partial charge >= 0.3 is 0 Å². The van der Waals surface area contributed by atoms with Crippen LogP contribution in [0.15, 0.2) is 23.0 Å². The molecule has 1 N–H and O–H groups in total. The number of nitrogens with one attached hydrogen (secondary N) is 1. The molecule has 0 unspecified atom stereocenters. The van der Waals surface area contributed by atoms with E-state index in [0.29, 0.717) is 12.1 Å². The SMILES string of the molecule is CCc1cnc([C@H](C)N[C@H](C)c2ccsc2)s1. The lowest BCUT2D eigenvalue weighted by molar-refractivity contribution is 0.494. The highest BCUT2D eigenvalue weighted by atomic mass is 32.1. The third-order valence-corrected chi connectivity index (χ3v) is 4.86. The first-order valence-corrected chi connectivity index (χ1v) is 7.69. The molecule has 0 saturated carbocycles. The summed E-state index contributed by atoms with van der Waals surface area (Å²) < 4.78 is 0. The molecule has 2 aromatic heterocycles. The molecule has 2 atom stereocenters. The molecule has 0 aromatic carbocycles. The van der Waals surface area contributed by atoms with E-state index >= 15 is 0 Å². The highest BCUT2D eigenvalue weighted by Crippen LogP contribution is 2.24. The number of thiophene rings is 1. The lowest BCUT2D eigenvalue weighted by Gasteiger charge is -2.17. The van der Waals surface area contributed by atoms with Crippen molar-refractivity contribution in [2.75, 3.05) is 0 Å². The standard InChI is InChI=1S/C13H18N2S2/c1-4-12-7-14-13(17-12)10(3)15-9(2)11-5-6-16-8-11/h5-10,15H,4H2,1-3H3/t9-,10+/m1/s1. The van der Waals surface area contributed by atoms with E-state index in [1.807, 2.05) is 17.5 Å². The fourth-order valence-corrected chi connectivity index (χ4v) is 3.37. The number of hydrogen-bond acceptors (Lipinski definition) is 4. The summed E-state index contributed by atoms with van der Waals surface area (Å²) in [5.41, 5.74) is 1.36. The second kappa shape index (κ2) is 5.76. The minimum absolute atomic E-state index is 0.315. The number of thiazole rings is 1. The Morgan fingerprint density at radius 1 is 1.35 bits per heavy atom. The van der Waals surface area contributed by atoms with Gasteiger partial charge in [-0.25, -0.2) is 4.98 Å². The summed E-state index contributed by atoms with van der Waals surface area (Å²) in [6.45, 7) is 6.55. The number of nitrogens with zero attached hydrogens (tertiary/aromatic N) is 1. The van der Waals surface area contributed by atoms with Crippen molar-refractivity contribution in [2.24, 2.45) is 0 Å². The second-order valence-corrected chi connectivity index (χ2v) is 6.11. The highest BCUT2D eigenvalue weighted by molar-refractivity contribution is 7.11. The minimum atomic E-state index is 0.315. The van der Waals surface area contributed by atoms with Crippen LogP contribution in [-0.2, 0) is 6.42 Å². The van der Waals surface area contributed by atoms with Crippen molar-refractivity contribution >= 4 is 22.7 Å². The molecule has 0 aliphatic heterocycles. The predicted octanol–water partition coefficient (Wildman–Crippen LogP) is 4.18. The Bertz CT molecular complexity index is 448. The minimum Gasteiger partial charge on any atom is -0.301 e. The Morgan fingerprint density at radius 3 is 2.76 bits per heavy atom. The Balaban J connectivity index is 1.99. The van der Waals surface area contributed by atoms with Crippen LogP contribution in [0.25, 0.3) is 0 Å². The van der Waals surface area contributed by atoms with E-state index in [2.05, 4.69) is 47.9 Å². The van der Waals surface area contributed by atoms with Gasteiger partial charge < -0.3 is 5.32 Å². The zero-order valence-electron chi connectivity index (χ0n) is 10.4. The van der Waals surface area contributed by atoms with Gasteiger partial charge in [0.05, 0.1) is 6.04 Å². The van der Waals surface area contributed by atoms with Crippen LogP contribution >= 0.6 is 22.7 Å². The summed E-state index contributed by atoms with van der Waals surface area (Å²) in [7, 11) is 0. The van der Waals surface area contributed by atoms with Crippen LogP contribution in [0.3, 0.4) is 0 Å². The van der Waals surface area contributed by atoms with Crippen molar-refractivity contribution in [3.05, 3.63) is 38.5 Å². The van der Waals surface area contributed by atoms with Gasteiger partial charge in [0.1, 0.15) is 5.01 Å². The summed E-state index contributed by atoms with van der Waals surface area (Å²) in [6.07, 6.45) is 3.07. The molecule has 0 fully saturated rings. The Morgan fingerprint density at radius 2 is 2.18 bits per heavy atom. The molecular weight excluding hydrogens is 248 g/mol. The van der Waals surface area contributed by atoms with Gasteiger partial charge in [-0.1, -0.05) is 6.92 Å². The first-order valence-electron chi connectivity index (χ1n) is 5.93. The number of aromatic nitrogens is 1. The molecule has 17 heavy (non-hydrogen) atoms. The van der Waals surface area contributed by atoms with Crippen LogP contribution in [0, 0.1) is 0 Å². The molecule has 2 heterocycles. The van der Waals surface area contributed by atoms with Crippen molar-refractivity contribution < 1.29 is 0 Å². The topological polar surface area (TPSA) is 24.9 Å². The molecule has 2 aromatic rings. The average Bonchev–Trinajstić information content (AvgIpc) is 3.00. The van der Waals surface area contributed by atoms with Crippen molar-refractivity contribution in [1.82, 2.24) is 10.3 Å². The quantitative estimate of drug-likeness (QED) is 0.878. The van der Waals surface area contributed by atoms with Crippen LogP contribution in [-0.4, -0.2) is 4.98 Å². The smallest absolute Gasteiger partial charge is 0.109 e. The van der Waals surface area contributed by atoms with Crippen LogP contribution in [0.1, 0.15) is 48.3 Å². The summed E-state index contributed by atoms with van der Waals surface area (Å²) in [4.78, 5) is 5.84. The fraction of sp³-hybridized carbons (Fsp3) is 0.462. The third-order valence-electron chi connectivity index (χ3n) is 2.83. The summed E-state index contributed by atoms with van der Waals surface area (Å²) in [6, 6.07) is 2.87. The summed E-state index contributed by atoms with van der Waals surface area (Å²) in [5.74, 6) is 0. The molecule has 2 nitrogen and oxygen atoms in total. The molecule has 4 heteroatoms. The molecule has 0 aliphatic rings. The Kier molecular flexibility index (Phi) is 4.31. The molecule has 0 spiro atoms. The van der Waals surface area contributed by atoms with Crippen LogP contribution in [0.2, 0.25) is 0 Å². The lowest BCUT2D eigenvalue weighted by atomic mass is 10.1. The van der Waals surface area contributed by atoms with E-state index in [1.54, 1.807) is 11.3 Å². The van der Waals surface area contributed by atoms with Crippen molar-refractivity contribution in [1.29, 1.82) is 0 Å². The molecule has 2 rings (SSSR count). The number of rotatable bonds is 5. The molecule has 0 saturated heterocycles. The largest absolute Gasteiger partial charge is 0.301 e. The second-order valence-electron chi connectivity index (χ2n) is 4.19. The first kappa shape index (κ1) is 12.7. The van der Waals surface area contributed by atoms with Gasteiger partial charge in [0.2, 0.25) is 0 Å². The monoisotopic (exact) mass is 266 g/mol. The number of aryl methyl sites for hydroxylation is 1. The van der Waals surface area contributed by atoms with Gasteiger partial charge in [-0.15, -0.1) is 11.3 Å². The molecule has 0 aliphatic carbocycles. The summed E-state index contributed by atoms with van der Waals surface area (Å²) in [5, 5.41) is 9.09. The van der Waals surface area contributed by atoms with Crippen LogP contribution in [0.4, 0.5) is 0 Å². The van der Waals surface area contributed by atoms with Gasteiger partial charge in [-0.3, -0.25) is 0 Å². The van der Waals surface area contributed by atoms with E-state index in [-0.39, 0.29) is 0 Å². The van der Waals surface area contributed by atoms with E-state index in [4.69, 9.17) is 0 Å². The van der Waals surface area contributed by atoms with Gasteiger partial charge in [-0.05, 0) is 42.7 Å². The van der Waals surface area contributed by atoms with E-state index in [9.17, 15) is 0 Å². The third kappa shape index (κ3) is 3.15. The fourth-order valence-electron chi connectivity index (χ4n) is 1.75.